The molecule has 1 aromatic rings. The quantitative estimate of drug-likeness (QED) is 0.782. The van der Waals surface area contributed by atoms with E-state index in [1.54, 1.807) is 10.9 Å². The Kier molecular flexibility index (Phi) is 5.53. The van der Waals surface area contributed by atoms with Crippen LogP contribution in [0.1, 0.15) is 52.4 Å². The smallest absolute Gasteiger partial charge is 0.246 e. The number of carbonyl (C=O) groups excluding carboxylic acids is 1. The maximum atomic E-state index is 12.8. The number of sulfonamides is 1. The van der Waals surface area contributed by atoms with Gasteiger partial charge >= 0.3 is 0 Å². The maximum Gasteiger partial charge on any atom is 0.246 e. The van der Waals surface area contributed by atoms with Gasteiger partial charge < -0.3 is 5.32 Å². The molecule has 0 aromatic carbocycles. The van der Waals surface area contributed by atoms with Gasteiger partial charge in [0.25, 0.3) is 0 Å². The Balaban J connectivity index is 1.30. The summed E-state index contributed by atoms with van der Waals surface area (Å²) in [5, 5.41) is 7.32. The van der Waals surface area contributed by atoms with Crippen molar-refractivity contribution in [1.82, 2.24) is 19.4 Å². The number of rotatable bonds is 6. The van der Waals surface area contributed by atoms with Gasteiger partial charge in [0.1, 0.15) is 4.90 Å². The maximum absolute atomic E-state index is 12.8. The van der Waals surface area contributed by atoms with Crippen molar-refractivity contribution in [2.45, 2.75) is 69.9 Å². The summed E-state index contributed by atoms with van der Waals surface area (Å²) in [6.45, 7) is 5.48. The number of fused-ring (bicyclic) bond motifs is 2. The molecule has 8 heteroatoms. The van der Waals surface area contributed by atoms with Crippen LogP contribution in [0.5, 0.6) is 0 Å². The van der Waals surface area contributed by atoms with E-state index >= 15 is 0 Å². The first kappa shape index (κ1) is 19.9. The molecule has 1 amide bonds. The van der Waals surface area contributed by atoms with Gasteiger partial charge in [-0.15, -0.1) is 0 Å². The molecular formula is C20H32N4O3S. The molecule has 0 unspecified atom stereocenters. The molecule has 0 spiro atoms. The van der Waals surface area contributed by atoms with Crippen molar-refractivity contribution in [3.05, 3.63) is 12.4 Å². The molecule has 7 nitrogen and oxygen atoms in total. The zero-order valence-electron chi connectivity index (χ0n) is 16.9. The summed E-state index contributed by atoms with van der Waals surface area (Å²) < 4.78 is 28.7. The Morgan fingerprint density at radius 2 is 2.00 bits per heavy atom. The SMILES string of the molecule is CCn1cc(S(=O)(=O)N2CCC(C(=O)N[C@@H](C)[C@H]3C[C@H]4CC[C@H]3C4)CC2)cn1. The van der Waals surface area contributed by atoms with E-state index in [0.29, 0.717) is 38.4 Å². The third-order valence-corrected chi connectivity index (χ3v) is 9.05. The lowest BCUT2D eigenvalue weighted by Gasteiger charge is -2.33. The second-order valence-electron chi connectivity index (χ2n) is 8.85. The standard InChI is InChI=1S/C20H32N4O3S/c1-3-23-13-18(12-21-23)28(26,27)24-8-6-16(7-9-24)20(25)22-14(2)19-11-15-4-5-17(19)10-15/h12-17,19H,3-11H2,1-2H3,(H,22,25)/t14-,15-,17-,19+/m0/s1. The van der Waals surface area contributed by atoms with Crippen LogP contribution < -0.4 is 5.32 Å². The minimum Gasteiger partial charge on any atom is -0.353 e. The number of nitrogens with zero attached hydrogens (tertiary/aromatic N) is 3. The summed E-state index contributed by atoms with van der Waals surface area (Å²) in [5.74, 6) is 2.30. The molecule has 1 N–H and O–H groups in total. The van der Waals surface area contributed by atoms with Crippen molar-refractivity contribution in [2.24, 2.45) is 23.7 Å². The Morgan fingerprint density at radius 3 is 2.57 bits per heavy atom. The number of piperidine rings is 1. The zero-order chi connectivity index (χ0) is 19.9. The van der Waals surface area contributed by atoms with Crippen LogP contribution >= 0.6 is 0 Å². The molecule has 1 aromatic heterocycles. The Bertz CT molecular complexity index is 813. The second kappa shape index (κ2) is 7.78. The third-order valence-electron chi connectivity index (χ3n) is 7.20. The minimum absolute atomic E-state index is 0.0918. The van der Waals surface area contributed by atoms with Gasteiger partial charge in [-0.25, -0.2) is 8.42 Å². The van der Waals surface area contributed by atoms with Crippen molar-refractivity contribution in [1.29, 1.82) is 0 Å². The number of aromatic nitrogens is 2. The molecule has 156 valence electrons. The Hall–Kier alpha value is -1.41. The molecular weight excluding hydrogens is 376 g/mol. The summed E-state index contributed by atoms with van der Waals surface area (Å²) in [5.41, 5.74) is 0. The summed E-state index contributed by atoms with van der Waals surface area (Å²) in [4.78, 5) is 13.0. The summed E-state index contributed by atoms with van der Waals surface area (Å²) >= 11 is 0. The van der Waals surface area contributed by atoms with E-state index in [1.165, 1.54) is 36.2 Å². The first-order chi connectivity index (χ1) is 13.4. The van der Waals surface area contributed by atoms with Gasteiger partial charge in [-0.2, -0.15) is 9.40 Å². The molecule has 2 bridgehead atoms. The Morgan fingerprint density at radius 1 is 1.25 bits per heavy atom. The lowest BCUT2D eigenvalue weighted by molar-refractivity contribution is -0.127. The minimum atomic E-state index is -3.52. The van der Waals surface area contributed by atoms with Gasteiger partial charge in [0.2, 0.25) is 15.9 Å². The number of aryl methyl sites for hydroxylation is 1. The number of carbonyl (C=O) groups is 1. The molecule has 3 aliphatic rings. The second-order valence-corrected chi connectivity index (χ2v) is 10.8. The number of nitrogens with one attached hydrogen (secondary N) is 1. The van der Waals surface area contributed by atoms with Crippen LogP contribution in [0.25, 0.3) is 0 Å². The van der Waals surface area contributed by atoms with Crippen molar-refractivity contribution < 1.29 is 13.2 Å². The summed E-state index contributed by atoms with van der Waals surface area (Å²) in [6, 6.07) is 0.226. The summed E-state index contributed by atoms with van der Waals surface area (Å²) in [6.07, 6.45) is 9.43. The molecule has 3 fully saturated rings. The van der Waals surface area contributed by atoms with Crippen LogP contribution in [0, 0.1) is 23.7 Å². The van der Waals surface area contributed by atoms with E-state index in [4.69, 9.17) is 0 Å². The molecule has 4 rings (SSSR count). The van der Waals surface area contributed by atoms with E-state index in [0.717, 1.165) is 11.8 Å². The lowest BCUT2D eigenvalue weighted by atomic mass is 9.83. The van der Waals surface area contributed by atoms with Crippen molar-refractivity contribution >= 4 is 15.9 Å². The van der Waals surface area contributed by atoms with Crippen molar-refractivity contribution in [2.75, 3.05) is 13.1 Å². The van der Waals surface area contributed by atoms with Crippen LogP contribution in [0.4, 0.5) is 0 Å². The highest BCUT2D eigenvalue weighted by molar-refractivity contribution is 7.89. The topological polar surface area (TPSA) is 84.3 Å². The number of amides is 1. The van der Waals surface area contributed by atoms with Crippen molar-refractivity contribution in [3.63, 3.8) is 0 Å². The molecule has 2 aliphatic carbocycles. The zero-order valence-corrected chi connectivity index (χ0v) is 17.7. The van der Waals surface area contributed by atoms with Gasteiger partial charge in [-0.3, -0.25) is 9.48 Å². The fourth-order valence-electron chi connectivity index (χ4n) is 5.51. The van der Waals surface area contributed by atoms with Gasteiger partial charge in [0.15, 0.2) is 0 Å². The van der Waals surface area contributed by atoms with E-state index in [1.807, 2.05) is 6.92 Å². The predicted octanol–water partition coefficient (Wildman–Crippen LogP) is 2.24. The van der Waals surface area contributed by atoms with Crippen LogP contribution in [0.2, 0.25) is 0 Å². The molecule has 28 heavy (non-hydrogen) atoms. The average molecular weight is 409 g/mol. The highest BCUT2D eigenvalue weighted by atomic mass is 32.2. The molecule has 1 aliphatic heterocycles. The molecule has 0 radical (unpaired) electrons. The third kappa shape index (κ3) is 3.73. The van der Waals surface area contributed by atoms with E-state index < -0.39 is 10.0 Å². The van der Waals surface area contributed by atoms with Crippen LogP contribution in [0.3, 0.4) is 0 Å². The first-order valence-electron chi connectivity index (χ1n) is 10.7. The molecule has 2 heterocycles. The Labute approximate surface area is 167 Å². The van der Waals surface area contributed by atoms with Gasteiger partial charge in [0, 0.05) is 37.8 Å². The highest BCUT2D eigenvalue weighted by Gasteiger charge is 2.42. The number of hydrogen-bond donors (Lipinski definition) is 1. The van der Waals surface area contributed by atoms with Crippen LogP contribution in [-0.2, 0) is 21.4 Å². The average Bonchev–Trinajstić information content (AvgIpc) is 3.44. The predicted molar refractivity (Wildman–Crippen MR) is 106 cm³/mol. The molecule has 4 atom stereocenters. The number of hydrogen-bond acceptors (Lipinski definition) is 4. The van der Waals surface area contributed by atoms with Crippen molar-refractivity contribution in [3.8, 4) is 0 Å². The van der Waals surface area contributed by atoms with Crippen LogP contribution in [0.15, 0.2) is 17.3 Å². The largest absolute Gasteiger partial charge is 0.353 e. The molecule has 1 saturated heterocycles. The monoisotopic (exact) mass is 408 g/mol. The van der Waals surface area contributed by atoms with Gasteiger partial charge in [-0.1, -0.05) is 6.42 Å². The van der Waals surface area contributed by atoms with E-state index in [9.17, 15) is 13.2 Å². The first-order valence-corrected chi connectivity index (χ1v) is 12.2. The van der Waals surface area contributed by atoms with Gasteiger partial charge in [-0.05, 0) is 63.7 Å². The van der Waals surface area contributed by atoms with E-state index in [2.05, 4.69) is 17.3 Å². The molecule has 2 saturated carbocycles. The summed E-state index contributed by atoms with van der Waals surface area (Å²) in [7, 11) is -3.52. The van der Waals surface area contributed by atoms with E-state index in [-0.39, 0.29) is 22.8 Å². The van der Waals surface area contributed by atoms with Crippen LogP contribution in [-0.4, -0.2) is 47.5 Å². The normalized spacial score (nSPS) is 29.9. The van der Waals surface area contributed by atoms with Gasteiger partial charge in [0.05, 0.1) is 6.20 Å². The lowest BCUT2D eigenvalue weighted by Crippen LogP contribution is -2.47. The highest BCUT2D eigenvalue weighted by Crippen LogP contribution is 2.49. The fraction of sp³-hybridized carbons (Fsp3) is 0.800. The fourth-order valence-corrected chi connectivity index (χ4v) is 6.94.